The lowest BCUT2D eigenvalue weighted by molar-refractivity contribution is 0.105. The molecule has 1 aromatic carbocycles. The van der Waals surface area contributed by atoms with Crippen molar-refractivity contribution in [2.45, 2.75) is 51.7 Å². The summed E-state index contributed by atoms with van der Waals surface area (Å²) >= 11 is 6.24. The van der Waals surface area contributed by atoms with Gasteiger partial charge in [0.1, 0.15) is 18.5 Å². The van der Waals surface area contributed by atoms with E-state index in [4.69, 9.17) is 16.3 Å². The monoisotopic (exact) mass is 297 g/mol. The lowest BCUT2D eigenvalue weighted by Crippen LogP contribution is -2.32. The Balaban J connectivity index is 1.92. The Hall–Kier alpha value is -0.770. The van der Waals surface area contributed by atoms with E-state index in [2.05, 4.69) is 19.2 Å². The molecule has 1 atom stereocenters. The molecule has 1 unspecified atom stereocenters. The maximum atomic E-state index is 9.90. The van der Waals surface area contributed by atoms with E-state index in [-0.39, 0.29) is 0 Å². The summed E-state index contributed by atoms with van der Waals surface area (Å²) in [4.78, 5) is 0. The predicted octanol–water partition coefficient (Wildman–Crippen LogP) is 3.26. The van der Waals surface area contributed by atoms with E-state index in [9.17, 15) is 5.11 Å². The second-order valence-corrected chi connectivity index (χ2v) is 6.35. The first kappa shape index (κ1) is 15.6. The third-order valence-corrected chi connectivity index (χ3v) is 3.89. The molecule has 0 heterocycles. The molecule has 3 nitrogen and oxygen atoms in total. The number of aliphatic hydroxyl groups is 1. The largest absolute Gasteiger partial charge is 0.491 e. The van der Waals surface area contributed by atoms with Crippen LogP contribution in [-0.4, -0.2) is 30.4 Å². The molecule has 20 heavy (non-hydrogen) atoms. The maximum Gasteiger partial charge on any atom is 0.122 e. The Kier molecular flexibility index (Phi) is 5.30. The molecular formula is C16H24ClNO2. The van der Waals surface area contributed by atoms with Crippen molar-refractivity contribution in [2.75, 3.05) is 13.2 Å². The van der Waals surface area contributed by atoms with E-state index >= 15 is 0 Å². The standard InChI is InChI=1S/C16H24ClNO2/c1-10(2)14-7-16(11(3)6-15(14)17)20-9-13(19)8-18-12-4-5-12/h6-7,10,12-13,18-19H,4-5,8-9H2,1-3H3. The van der Waals surface area contributed by atoms with Gasteiger partial charge in [-0.3, -0.25) is 0 Å². The smallest absolute Gasteiger partial charge is 0.122 e. The second-order valence-electron chi connectivity index (χ2n) is 5.94. The maximum absolute atomic E-state index is 9.90. The van der Waals surface area contributed by atoms with Gasteiger partial charge in [0.25, 0.3) is 0 Å². The van der Waals surface area contributed by atoms with Crippen LogP contribution in [0.4, 0.5) is 0 Å². The van der Waals surface area contributed by atoms with Gasteiger partial charge in [0.15, 0.2) is 0 Å². The Labute approximate surface area is 126 Å². The molecule has 0 spiro atoms. The number of hydrogen-bond acceptors (Lipinski definition) is 3. The molecule has 1 aliphatic carbocycles. The summed E-state index contributed by atoms with van der Waals surface area (Å²) < 4.78 is 5.75. The number of hydrogen-bond donors (Lipinski definition) is 2. The highest BCUT2D eigenvalue weighted by atomic mass is 35.5. The molecule has 112 valence electrons. The molecule has 1 aromatic rings. The van der Waals surface area contributed by atoms with Crippen LogP contribution < -0.4 is 10.1 Å². The fraction of sp³-hybridized carbons (Fsp3) is 0.625. The summed E-state index contributed by atoms with van der Waals surface area (Å²) in [5.74, 6) is 1.16. The average Bonchev–Trinajstić information content (AvgIpc) is 3.18. The topological polar surface area (TPSA) is 41.5 Å². The number of aliphatic hydroxyl groups excluding tert-OH is 1. The molecule has 0 radical (unpaired) electrons. The Morgan fingerprint density at radius 2 is 2.10 bits per heavy atom. The third kappa shape index (κ3) is 4.37. The van der Waals surface area contributed by atoms with E-state index in [1.165, 1.54) is 12.8 Å². The van der Waals surface area contributed by atoms with Crippen molar-refractivity contribution in [2.24, 2.45) is 0 Å². The van der Waals surface area contributed by atoms with Gasteiger partial charge in [-0.05, 0) is 48.9 Å². The van der Waals surface area contributed by atoms with Crippen molar-refractivity contribution in [1.29, 1.82) is 0 Å². The van der Waals surface area contributed by atoms with Crippen molar-refractivity contribution in [3.8, 4) is 5.75 Å². The molecule has 2 rings (SSSR count). The number of nitrogens with one attached hydrogen (secondary N) is 1. The third-order valence-electron chi connectivity index (χ3n) is 3.57. The zero-order valence-electron chi connectivity index (χ0n) is 12.4. The normalized spacial score (nSPS) is 16.5. The van der Waals surface area contributed by atoms with Crippen LogP contribution in [-0.2, 0) is 0 Å². The van der Waals surface area contributed by atoms with Gasteiger partial charge in [-0.1, -0.05) is 25.4 Å². The van der Waals surface area contributed by atoms with Crippen molar-refractivity contribution in [3.05, 3.63) is 28.3 Å². The van der Waals surface area contributed by atoms with Gasteiger partial charge in [-0.15, -0.1) is 0 Å². The first-order valence-corrected chi connectivity index (χ1v) is 7.69. The zero-order valence-corrected chi connectivity index (χ0v) is 13.2. The highest BCUT2D eigenvalue weighted by molar-refractivity contribution is 6.31. The molecule has 2 N–H and O–H groups in total. The van der Waals surface area contributed by atoms with Gasteiger partial charge in [0.2, 0.25) is 0 Å². The summed E-state index contributed by atoms with van der Waals surface area (Å²) in [6.07, 6.45) is 1.97. The first-order chi connectivity index (χ1) is 9.47. The molecule has 0 saturated heterocycles. The Bertz CT molecular complexity index is 458. The van der Waals surface area contributed by atoms with Crippen molar-refractivity contribution in [3.63, 3.8) is 0 Å². The Morgan fingerprint density at radius 3 is 2.70 bits per heavy atom. The first-order valence-electron chi connectivity index (χ1n) is 7.31. The Morgan fingerprint density at radius 1 is 1.40 bits per heavy atom. The van der Waals surface area contributed by atoms with Gasteiger partial charge in [0.05, 0.1) is 0 Å². The minimum absolute atomic E-state index is 0.305. The summed E-state index contributed by atoms with van der Waals surface area (Å²) in [5.41, 5.74) is 2.08. The van der Waals surface area contributed by atoms with Crippen LogP contribution in [0.3, 0.4) is 0 Å². The highest BCUT2D eigenvalue weighted by Gasteiger charge is 2.21. The minimum atomic E-state index is -0.479. The van der Waals surface area contributed by atoms with Crippen LogP contribution in [0, 0.1) is 6.92 Å². The van der Waals surface area contributed by atoms with Gasteiger partial charge in [-0.25, -0.2) is 0 Å². The SMILES string of the molecule is Cc1cc(Cl)c(C(C)C)cc1OCC(O)CNC1CC1. The number of aryl methyl sites for hydroxylation is 1. The fourth-order valence-electron chi connectivity index (χ4n) is 2.10. The average molecular weight is 298 g/mol. The number of benzene rings is 1. The molecule has 4 heteroatoms. The predicted molar refractivity (Wildman–Crippen MR) is 82.8 cm³/mol. The van der Waals surface area contributed by atoms with E-state index in [0.717, 1.165) is 21.9 Å². The lowest BCUT2D eigenvalue weighted by Gasteiger charge is -2.17. The van der Waals surface area contributed by atoms with Crippen molar-refractivity contribution >= 4 is 11.6 Å². The van der Waals surface area contributed by atoms with Gasteiger partial charge >= 0.3 is 0 Å². The second kappa shape index (κ2) is 6.79. The highest BCUT2D eigenvalue weighted by Crippen LogP contribution is 2.31. The lowest BCUT2D eigenvalue weighted by atomic mass is 10.0. The molecule has 0 bridgehead atoms. The van der Waals surface area contributed by atoms with Crippen LogP contribution in [0.15, 0.2) is 12.1 Å². The van der Waals surface area contributed by atoms with Gasteiger partial charge in [-0.2, -0.15) is 0 Å². The number of rotatable bonds is 7. The number of ether oxygens (including phenoxy) is 1. The molecular weight excluding hydrogens is 274 g/mol. The summed E-state index contributed by atoms with van der Waals surface area (Å²) in [7, 11) is 0. The summed E-state index contributed by atoms with van der Waals surface area (Å²) in [5, 5.41) is 14.0. The minimum Gasteiger partial charge on any atom is -0.491 e. The molecule has 1 aliphatic rings. The quantitative estimate of drug-likeness (QED) is 0.812. The zero-order chi connectivity index (χ0) is 14.7. The number of halogens is 1. The molecule has 0 amide bonds. The van der Waals surface area contributed by atoms with Crippen LogP contribution in [0.2, 0.25) is 5.02 Å². The summed E-state index contributed by atoms with van der Waals surface area (Å²) in [6, 6.07) is 4.53. The molecule has 0 aromatic heterocycles. The van der Waals surface area contributed by atoms with Crippen LogP contribution in [0.1, 0.15) is 43.7 Å². The van der Waals surface area contributed by atoms with Crippen LogP contribution >= 0.6 is 11.6 Å². The van der Waals surface area contributed by atoms with E-state index in [0.29, 0.717) is 25.1 Å². The van der Waals surface area contributed by atoms with Crippen molar-refractivity contribution < 1.29 is 9.84 Å². The van der Waals surface area contributed by atoms with E-state index in [1.54, 1.807) is 0 Å². The molecule has 1 fully saturated rings. The van der Waals surface area contributed by atoms with Crippen LogP contribution in [0.25, 0.3) is 0 Å². The van der Waals surface area contributed by atoms with Crippen molar-refractivity contribution in [1.82, 2.24) is 5.32 Å². The fourth-order valence-corrected chi connectivity index (χ4v) is 2.54. The van der Waals surface area contributed by atoms with E-state index < -0.39 is 6.10 Å². The van der Waals surface area contributed by atoms with Gasteiger partial charge < -0.3 is 15.2 Å². The molecule has 1 saturated carbocycles. The van der Waals surface area contributed by atoms with Crippen LogP contribution in [0.5, 0.6) is 5.75 Å². The summed E-state index contributed by atoms with van der Waals surface area (Å²) in [6.45, 7) is 7.08. The van der Waals surface area contributed by atoms with E-state index in [1.807, 2.05) is 19.1 Å². The molecule has 0 aliphatic heterocycles. The van der Waals surface area contributed by atoms with Gasteiger partial charge in [0, 0.05) is 17.6 Å².